The van der Waals surface area contributed by atoms with E-state index in [9.17, 15) is 9.59 Å². The fourth-order valence-electron chi connectivity index (χ4n) is 4.54. The zero-order valence-electron chi connectivity index (χ0n) is 20.3. The number of ether oxygens (including phenoxy) is 2. The zero-order chi connectivity index (χ0) is 24.9. The Morgan fingerprint density at radius 3 is 2.74 bits per heavy atom. The Bertz CT molecular complexity index is 1280. The second-order valence-electron chi connectivity index (χ2n) is 8.91. The van der Waals surface area contributed by atoms with Gasteiger partial charge in [-0.05, 0) is 49.4 Å². The molecule has 1 aliphatic rings. The molecule has 2 aromatic carbocycles. The first-order valence-electron chi connectivity index (χ1n) is 11.8. The maximum Gasteiger partial charge on any atom is 0.261 e. The molecule has 1 fully saturated rings. The maximum absolute atomic E-state index is 12.9. The average molecular weight is 499 g/mol. The fraction of sp³-hybridized carbons (Fsp3) is 0.423. The Morgan fingerprint density at radius 2 is 1.97 bits per heavy atom. The second-order valence-corrected chi connectivity index (χ2v) is 9.34. The molecule has 0 aliphatic carbocycles. The van der Waals surface area contributed by atoms with Crippen molar-refractivity contribution in [2.24, 2.45) is 5.92 Å². The van der Waals surface area contributed by atoms with E-state index in [1.165, 1.54) is 23.6 Å². The topological polar surface area (TPSA) is 85.7 Å². The molecule has 1 atom stereocenters. The molecule has 1 unspecified atom stereocenters. The van der Waals surface area contributed by atoms with Crippen LogP contribution in [0, 0.1) is 12.8 Å². The first-order chi connectivity index (χ1) is 16.9. The third kappa shape index (κ3) is 5.70. The predicted molar refractivity (Wildman–Crippen MR) is 138 cm³/mol. The molecule has 9 heteroatoms. The van der Waals surface area contributed by atoms with Gasteiger partial charge in [0.1, 0.15) is 0 Å². The van der Waals surface area contributed by atoms with Gasteiger partial charge in [-0.3, -0.25) is 14.2 Å². The number of nitrogens with one attached hydrogen (secondary N) is 1. The van der Waals surface area contributed by atoms with Gasteiger partial charge < -0.3 is 19.7 Å². The molecule has 1 N–H and O–H groups in total. The summed E-state index contributed by atoms with van der Waals surface area (Å²) in [5.41, 5.74) is 2.74. The Labute approximate surface area is 209 Å². The van der Waals surface area contributed by atoms with Crippen molar-refractivity contribution in [1.29, 1.82) is 0 Å². The van der Waals surface area contributed by atoms with Crippen molar-refractivity contribution in [3.63, 3.8) is 0 Å². The van der Waals surface area contributed by atoms with Crippen LogP contribution in [0.5, 0.6) is 11.5 Å². The predicted octanol–water partition coefficient (Wildman–Crippen LogP) is 3.80. The minimum Gasteiger partial charge on any atom is -0.493 e. The summed E-state index contributed by atoms with van der Waals surface area (Å²) in [7, 11) is 3.07. The van der Waals surface area contributed by atoms with Crippen LogP contribution in [0.15, 0.2) is 41.5 Å². The summed E-state index contributed by atoms with van der Waals surface area (Å²) in [6.45, 7) is 5.00. The van der Waals surface area contributed by atoms with Crippen LogP contribution >= 0.6 is 11.6 Å². The van der Waals surface area contributed by atoms with Crippen LogP contribution in [0.1, 0.15) is 24.8 Å². The van der Waals surface area contributed by atoms with Crippen LogP contribution in [0.3, 0.4) is 0 Å². The number of hydrogen-bond donors (Lipinski definition) is 1. The van der Waals surface area contributed by atoms with Gasteiger partial charge in [0.05, 0.1) is 31.4 Å². The fourth-order valence-corrected chi connectivity index (χ4v) is 4.71. The molecule has 1 aliphatic heterocycles. The number of benzene rings is 2. The molecule has 1 amide bonds. The smallest absolute Gasteiger partial charge is 0.261 e. The first kappa shape index (κ1) is 24.9. The third-order valence-corrected chi connectivity index (χ3v) is 6.75. The zero-order valence-corrected chi connectivity index (χ0v) is 21.1. The first-order valence-corrected chi connectivity index (χ1v) is 12.2. The summed E-state index contributed by atoms with van der Waals surface area (Å²) in [6.07, 6.45) is 3.43. The van der Waals surface area contributed by atoms with Crippen molar-refractivity contribution in [3.05, 3.63) is 57.6 Å². The summed E-state index contributed by atoms with van der Waals surface area (Å²) in [5, 5.41) is 4.25. The van der Waals surface area contributed by atoms with Gasteiger partial charge >= 0.3 is 0 Å². The number of halogens is 1. The highest BCUT2D eigenvalue weighted by molar-refractivity contribution is 6.30. The Kier molecular flexibility index (Phi) is 7.80. The van der Waals surface area contributed by atoms with E-state index in [0.717, 1.165) is 30.2 Å². The van der Waals surface area contributed by atoms with Crippen LogP contribution in [-0.4, -0.2) is 49.3 Å². The summed E-state index contributed by atoms with van der Waals surface area (Å²) in [4.78, 5) is 32.0. The molecule has 8 nitrogen and oxygen atoms in total. The van der Waals surface area contributed by atoms with Crippen LogP contribution in [0.4, 0.5) is 5.69 Å². The number of amides is 1. The summed E-state index contributed by atoms with van der Waals surface area (Å²) >= 11 is 6.17. The molecular formula is C26H31ClN4O4. The van der Waals surface area contributed by atoms with E-state index < -0.39 is 0 Å². The molecule has 0 saturated carbocycles. The monoisotopic (exact) mass is 498 g/mol. The van der Waals surface area contributed by atoms with Crippen molar-refractivity contribution in [2.75, 3.05) is 38.8 Å². The molecule has 4 rings (SSSR count). The van der Waals surface area contributed by atoms with E-state index in [1.807, 2.05) is 18.2 Å². The van der Waals surface area contributed by atoms with Crippen molar-refractivity contribution in [1.82, 2.24) is 14.9 Å². The molecular weight excluding hydrogens is 468 g/mol. The van der Waals surface area contributed by atoms with Crippen molar-refractivity contribution < 1.29 is 14.3 Å². The quantitative estimate of drug-likeness (QED) is 0.483. The number of nitrogens with zero attached hydrogens (tertiary/aromatic N) is 3. The Morgan fingerprint density at radius 1 is 1.20 bits per heavy atom. The number of fused-ring (bicyclic) bond motifs is 1. The third-order valence-electron chi connectivity index (χ3n) is 6.52. The number of carbonyl (C=O) groups excluding carboxylic acids is 1. The van der Waals surface area contributed by atoms with Gasteiger partial charge in [-0.1, -0.05) is 17.7 Å². The van der Waals surface area contributed by atoms with Gasteiger partial charge in [-0.2, -0.15) is 0 Å². The molecule has 1 saturated heterocycles. The lowest BCUT2D eigenvalue weighted by atomic mass is 10.1. The summed E-state index contributed by atoms with van der Waals surface area (Å²) in [6, 6.07) is 9.28. The Balaban J connectivity index is 1.27. The van der Waals surface area contributed by atoms with Crippen molar-refractivity contribution >= 4 is 34.1 Å². The minimum atomic E-state index is -0.168. The van der Waals surface area contributed by atoms with Crippen molar-refractivity contribution in [3.8, 4) is 11.5 Å². The highest BCUT2D eigenvalue weighted by atomic mass is 35.5. The maximum atomic E-state index is 12.9. The number of aromatic nitrogens is 2. The number of hydrogen-bond acceptors (Lipinski definition) is 6. The van der Waals surface area contributed by atoms with E-state index in [0.29, 0.717) is 54.3 Å². The lowest BCUT2D eigenvalue weighted by Crippen LogP contribution is -2.31. The van der Waals surface area contributed by atoms with Gasteiger partial charge in [0, 0.05) is 49.4 Å². The molecule has 3 aromatic rings. The summed E-state index contributed by atoms with van der Waals surface area (Å²) < 4.78 is 12.1. The molecule has 35 heavy (non-hydrogen) atoms. The van der Waals surface area contributed by atoms with Crippen LogP contribution in [-0.2, 0) is 11.3 Å². The molecule has 1 aromatic heterocycles. The highest BCUT2D eigenvalue weighted by Crippen LogP contribution is 2.30. The number of carbonyl (C=O) groups is 1. The molecule has 0 radical (unpaired) electrons. The van der Waals surface area contributed by atoms with E-state index in [1.54, 1.807) is 19.2 Å². The van der Waals surface area contributed by atoms with Crippen LogP contribution in [0.2, 0.25) is 5.02 Å². The van der Waals surface area contributed by atoms with E-state index >= 15 is 0 Å². The second kappa shape index (κ2) is 11.0. The van der Waals surface area contributed by atoms with Gasteiger partial charge in [0.15, 0.2) is 11.5 Å². The van der Waals surface area contributed by atoms with Crippen LogP contribution < -0.4 is 25.2 Å². The highest BCUT2D eigenvalue weighted by Gasteiger charge is 2.24. The number of methoxy groups -OCH3 is 2. The molecule has 2 heterocycles. The molecule has 0 spiro atoms. The standard InChI is InChI=1S/C26H31ClN4O4/c1-17-6-7-19(27)11-22(17)30-10-8-18(15-30)14-28-25(32)5-4-9-31-16-29-21-13-24(35-3)23(34-2)12-20(21)26(31)33/h6-7,11-13,16,18H,4-5,8-10,14-15H2,1-3H3,(H,28,32). The summed E-state index contributed by atoms with van der Waals surface area (Å²) in [5.74, 6) is 1.40. The van der Waals surface area contributed by atoms with Gasteiger partial charge in [0.25, 0.3) is 5.56 Å². The van der Waals surface area contributed by atoms with E-state index in [2.05, 4.69) is 22.1 Å². The Hall–Kier alpha value is -3.26. The van der Waals surface area contributed by atoms with Gasteiger partial charge in [-0.15, -0.1) is 0 Å². The van der Waals surface area contributed by atoms with Crippen LogP contribution in [0.25, 0.3) is 10.9 Å². The number of aryl methyl sites for hydroxylation is 2. The number of rotatable bonds is 9. The largest absolute Gasteiger partial charge is 0.493 e. The van der Waals surface area contributed by atoms with Crippen molar-refractivity contribution in [2.45, 2.75) is 32.7 Å². The lowest BCUT2D eigenvalue weighted by molar-refractivity contribution is -0.121. The average Bonchev–Trinajstić information content (AvgIpc) is 3.33. The minimum absolute atomic E-state index is 0.00408. The van der Waals surface area contributed by atoms with Gasteiger partial charge in [-0.25, -0.2) is 4.98 Å². The molecule has 0 bridgehead atoms. The SMILES string of the molecule is COc1cc2ncn(CCCC(=O)NCC3CCN(c4cc(Cl)ccc4C)C3)c(=O)c2cc1OC. The normalized spacial score (nSPS) is 15.4. The number of anilines is 1. The lowest BCUT2D eigenvalue weighted by Gasteiger charge is -2.21. The molecule has 186 valence electrons. The van der Waals surface area contributed by atoms with E-state index in [-0.39, 0.29) is 11.5 Å². The van der Waals surface area contributed by atoms with E-state index in [4.69, 9.17) is 21.1 Å². The van der Waals surface area contributed by atoms with Gasteiger partial charge in [0.2, 0.25) is 5.91 Å².